The molecule has 8 heteroatoms. The van der Waals surface area contributed by atoms with Crippen LogP contribution in [0.4, 0.5) is 10.1 Å². The van der Waals surface area contributed by atoms with Crippen molar-refractivity contribution >= 4 is 29.0 Å². The summed E-state index contributed by atoms with van der Waals surface area (Å²) in [4.78, 5) is 14.6. The molecule has 2 aromatic carbocycles. The molecule has 0 radical (unpaired) electrons. The summed E-state index contributed by atoms with van der Waals surface area (Å²) in [6.45, 7) is 3.74. The number of halogens is 1. The number of thiocarbonyl (C=S) groups is 1. The van der Waals surface area contributed by atoms with E-state index in [2.05, 4.69) is 5.32 Å². The Hall–Kier alpha value is -2.87. The van der Waals surface area contributed by atoms with E-state index in [1.165, 1.54) is 12.1 Å². The number of hydrogen-bond donors (Lipinski definition) is 1. The van der Waals surface area contributed by atoms with Gasteiger partial charge in [-0.1, -0.05) is 18.2 Å². The molecule has 2 aliphatic heterocycles. The number of methoxy groups -OCH3 is 1. The molecule has 2 aromatic rings. The van der Waals surface area contributed by atoms with Crippen molar-refractivity contribution in [2.45, 2.75) is 25.6 Å². The molecule has 0 amide bonds. The fourth-order valence-corrected chi connectivity index (χ4v) is 4.54. The summed E-state index contributed by atoms with van der Waals surface area (Å²) in [5.41, 5.74) is -0.0356. The average molecular weight is 416 g/mol. The predicted octanol–water partition coefficient (Wildman–Crippen LogP) is 3.56. The van der Waals surface area contributed by atoms with E-state index in [0.717, 1.165) is 5.56 Å². The molecule has 152 valence electrons. The van der Waals surface area contributed by atoms with Crippen molar-refractivity contribution in [1.82, 2.24) is 5.32 Å². The molecule has 0 aromatic heterocycles. The van der Waals surface area contributed by atoms with Crippen LogP contribution in [0.15, 0.2) is 42.5 Å². The van der Waals surface area contributed by atoms with Crippen molar-refractivity contribution in [3.05, 3.63) is 53.8 Å². The van der Waals surface area contributed by atoms with Crippen molar-refractivity contribution < 1.29 is 23.4 Å². The maximum Gasteiger partial charge on any atom is 0.317 e. The molecule has 0 aliphatic carbocycles. The molecule has 0 saturated carbocycles. The molecule has 1 fully saturated rings. The Balaban J connectivity index is 1.92. The van der Waals surface area contributed by atoms with Crippen molar-refractivity contribution in [2.75, 3.05) is 18.6 Å². The van der Waals surface area contributed by atoms with E-state index in [0.29, 0.717) is 22.3 Å². The quantitative estimate of drug-likeness (QED) is 0.604. The zero-order valence-corrected chi connectivity index (χ0v) is 17.1. The zero-order chi connectivity index (χ0) is 20.8. The fourth-order valence-electron chi connectivity index (χ4n) is 4.13. The highest BCUT2D eigenvalue weighted by molar-refractivity contribution is 7.80. The number of rotatable bonds is 4. The summed E-state index contributed by atoms with van der Waals surface area (Å²) in [5, 5.41) is 3.57. The molecule has 0 unspecified atom stereocenters. The summed E-state index contributed by atoms with van der Waals surface area (Å²) in [5.74, 6) is -0.548. The van der Waals surface area contributed by atoms with Gasteiger partial charge in [-0.2, -0.15) is 0 Å². The standard InChI is InChI=1S/C21H21FN2O4S/c1-4-27-19(25)16-17-14-9-6-10-15(26-3)18(14)28-21(16,2)24(20(29)23-17)13-8-5-7-12(22)11-13/h5-11,16-17H,4H2,1-3H3,(H,23,29)/t16-,17+,21-/m0/s1. The number of hydrogen-bond acceptors (Lipinski definition) is 5. The van der Waals surface area contributed by atoms with Gasteiger partial charge in [0, 0.05) is 11.3 Å². The monoisotopic (exact) mass is 416 g/mol. The summed E-state index contributed by atoms with van der Waals surface area (Å²) in [6.07, 6.45) is 0. The second kappa shape index (κ2) is 7.18. The highest BCUT2D eigenvalue weighted by Gasteiger charge is 2.60. The van der Waals surface area contributed by atoms with Crippen molar-refractivity contribution in [1.29, 1.82) is 0 Å². The topological polar surface area (TPSA) is 60.0 Å². The lowest BCUT2D eigenvalue weighted by molar-refractivity contribution is -0.159. The maximum atomic E-state index is 14.0. The molecule has 0 spiro atoms. The van der Waals surface area contributed by atoms with E-state index in [1.807, 2.05) is 12.1 Å². The first-order chi connectivity index (χ1) is 13.9. The molecule has 3 atom stereocenters. The number of carbonyl (C=O) groups is 1. The molecule has 2 heterocycles. The number of benzene rings is 2. The van der Waals surface area contributed by atoms with Crippen LogP contribution in [0, 0.1) is 11.7 Å². The van der Waals surface area contributed by atoms with Crippen LogP contribution in [0.5, 0.6) is 11.5 Å². The second-order valence-corrected chi connectivity index (χ2v) is 7.39. The maximum absolute atomic E-state index is 14.0. The molecular weight excluding hydrogens is 395 g/mol. The summed E-state index contributed by atoms with van der Waals surface area (Å²) in [7, 11) is 1.55. The van der Waals surface area contributed by atoms with Gasteiger partial charge in [0.25, 0.3) is 0 Å². The van der Waals surface area contributed by atoms with Crippen LogP contribution in [0.25, 0.3) is 0 Å². The number of nitrogens with zero attached hydrogens (tertiary/aromatic N) is 1. The number of ether oxygens (including phenoxy) is 3. The van der Waals surface area contributed by atoms with Crippen LogP contribution >= 0.6 is 12.2 Å². The van der Waals surface area contributed by atoms with Crippen LogP contribution in [-0.2, 0) is 9.53 Å². The van der Waals surface area contributed by atoms with Gasteiger partial charge in [0.1, 0.15) is 11.7 Å². The van der Waals surface area contributed by atoms with Crippen LogP contribution in [-0.4, -0.2) is 30.5 Å². The van der Waals surface area contributed by atoms with Crippen molar-refractivity contribution in [2.24, 2.45) is 5.92 Å². The smallest absolute Gasteiger partial charge is 0.317 e. The number of carbonyl (C=O) groups excluding carboxylic acids is 1. The molecule has 6 nitrogen and oxygen atoms in total. The van der Waals surface area contributed by atoms with Gasteiger partial charge in [0.2, 0.25) is 5.72 Å². The molecular formula is C21H21FN2O4S. The fraction of sp³-hybridized carbons (Fsp3) is 0.333. The van der Waals surface area contributed by atoms with Crippen molar-refractivity contribution in [3.63, 3.8) is 0 Å². The van der Waals surface area contributed by atoms with Gasteiger partial charge < -0.3 is 19.5 Å². The minimum atomic E-state index is -1.26. The molecule has 2 bridgehead atoms. The Bertz CT molecular complexity index is 985. The minimum absolute atomic E-state index is 0.230. The lowest BCUT2D eigenvalue weighted by atomic mass is 9.79. The third-order valence-electron chi connectivity index (χ3n) is 5.32. The lowest BCUT2D eigenvalue weighted by Gasteiger charge is -2.55. The van der Waals surface area contributed by atoms with Crippen molar-refractivity contribution in [3.8, 4) is 11.5 Å². The number of para-hydroxylation sites is 1. The van der Waals surface area contributed by atoms with Crippen LogP contribution < -0.4 is 19.7 Å². The second-order valence-electron chi connectivity index (χ2n) is 7.01. The highest BCUT2D eigenvalue weighted by atomic mass is 32.1. The van der Waals surface area contributed by atoms with E-state index < -0.39 is 29.5 Å². The predicted molar refractivity (Wildman–Crippen MR) is 110 cm³/mol. The molecule has 1 saturated heterocycles. The highest BCUT2D eigenvalue weighted by Crippen LogP contribution is 2.52. The van der Waals surface area contributed by atoms with E-state index in [4.69, 9.17) is 26.4 Å². The normalized spacial score (nSPS) is 24.8. The largest absolute Gasteiger partial charge is 0.493 e. The first kappa shape index (κ1) is 19.4. The number of anilines is 1. The van der Waals surface area contributed by atoms with E-state index >= 15 is 0 Å². The third-order valence-corrected chi connectivity index (χ3v) is 5.62. The van der Waals surface area contributed by atoms with Crippen LogP contribution in [0.1, 0.15) is 25.5 Å². The van der Waals surface area contributed by atoms with E-state index in [9.17, 15) is 9.18 Å². The molecule has 1 N–H and O–H groups in total. The Labute approximate surface area is 173 Å². The van der Waals surface area contributed by atoms with E-state index in [-0.39, 0.29) is 6.61 Å². The Kier molecular flexibility index (Phi) is 4.82. The summed E-state index contributed by atoms with van der Waals surface area (Å²) in [6, 6.07) is 11.0. The first-order valence-corrected chi connectivity index (χ1v) is 9.70. The van der Waals surface area contributed by atoms with Gasteiger partial charge in [0.05, 0.1) is 19.8 Å². The van der Waals surface area contributed by atoms with Crippen LogP contribution in [0.2, 0.25) is 0 Å². The van der Waals surface area contributed by atoms with Gasteiger partial charge in [-0.15, -0.1) is 0 Å². The lowest BCUT2D eigenvalue weighted by Crippen LogP contribution is -2.71. The molecule has 2 aliphatic rings. The van der Waals surface area contributed by atoms with Crippen LogP contribution in [0.3, 0.4) is 0 Å². The van der Waals surface area contributed by atoms with Gasteiger partial charge >= 0.3 is 5.97 Å². The summed E-state index contributed by atoms with van der Waals surface area (Å²) >= 11 is 5.60. The number of fused-ring (bicyclic) bond motifs is 4. The Morgan fingerprint density at radius 3 is 2.79 bits per heavy atom. The molecule has 29 heavy (non-hydrogen) atoms. The van der Waals surface area contributed by atoms with Gasteiger partial charge in [-0.3, -0.25) is 9.69 Å². The average Bonchev–Trinajstić information content (AvgIpc) is 2.67. The summed E-state index contributed by atoms with van der Waals surface area (Å²) < 4.78 is 31.2. The van der Waals surface area contributed by atoms with Gasteiger partial charge in [0.15, 0.2) is 16.6 Å². The third kappa shape index (κ3) is 2.98. The molecule has 4 rings (SSSR count). The van der Waals surface area contributed by atoms with Gasteiger partial charge in [-0.25, -0.2) is 4.39 Å². The minimum Gasteiger partial charge on any atom is -0.493 e. The van der Waals surface area contributed by atoms with Gasteiger partial charge in [-0.05, 0) is 50.3 Å². The Morgan fingerprint density at radius 1 is 1.34 bits per heavy atom. The number of nitrogens with one attached hydrogen (secondary N) is 1. The first-order valence-electron chi connectivity index (χ1n) is 9.29. The zero-order valence-electron chi connectivity index (χ0n) is 16.3. The SMILES string of the molecule is CCOC(=O)[C@@H]1[C@@H]2NC(=S)N(c3cccc(F)c3)[C@@]1(C)Oc1c(OC)cccc12. The van der Waals surface area contributed by atoms with E-state index in [1.54, 1.807) is 44.1 Å². The number of esters is 1. The Morgan fingerprint density at radius 2 is 2.10 bits per heavy atom.